The van der Waals surface area contributed by atoms with E-state index in [2.05, 4.69) is 27.2 Å². The number of rotatable bonds is 7. The van der Waals surface area contributed by atoms with E-state index in [0.29, 0.717) is 40.0 Å². The van der Waals surface area contributed by atoms with Gasteiger partial charge in [-0.1, -0.05) is 24.6 Å². The van der Waals surface area contributed by atoms with Crippen LogP contribution in [0.4, 0.5) is 19.0 Å². The van der Waals surface area contributed by atoms with Gasteiger partial charge in [0, 0.05) is 18.8 Å². The van der Waals surface area contributed by atoms with Crippen LogP contribution in [0.5, 0.6) is 0 Å². The van der Waals surface area contributed by atoms with Gasteiger partial charge in [0.25, 0.3) is 0 Å². The maximum Gasteiger partial charge on any atom is 0.416 e. The fourth-order valence-electron chi connectivity index (χ4n) is 4.76. The molecule has 39 heavy (non-hydrogen) atoms. The van der Waals surface area contributed by atoms with Crippen molar-refractivity contribution in [2.75, 3.05) is 5.32 Å². The minimum Gasteiger partial charge on any atom is -0.365 e. The molecule has 0 unspecified atom stereocenters. The van der Waals surface area contributed by atoms with E-state index < -0.39 is 11.7 Å². The Kier molecular flexibility index (Phi) is 7.08. The van der Waals surface area contributed by atoms with Gasteiger partial charge in [-0.3, -0.25) is 4.98 Å². The third kappa shape index (κ3) is 5.35. The molecular weight excluding hydrogens is 503 g/mol. The minimum absolute atomic E-state index is 0.0111. The molecular formula is C29H28F3N7. The SMILES string of the molecule is C/C=C(/C)c1ccnc(-c2nc3nc(C#N)nc(N[C@H](C)C4CCC4)c3n2Cc2ccc(C(F)(F)F)cc2)c1. The van der Waals surface area contributed by atoms with Crippen LogP contribution >= 0.6 is 0 Å². The van der Waals surface area contributed by atoms with Crippen LogP contribution < -0.4 is 5.32 Å². The van der Waals surface area contributed by atoms with Crippen molar-refractivity contribution in [2.24, 2.45) is 5.92 Å². The number of pyridine rings is 1. The second kappa shape index (κ2) is 10.5. The normalized spacial score (nSPS) is 15.2. The van der Waals surface area contributed by atoms with E-state index in [1.165, 1.54) is 18.6 Å². The summed E-state index contributed by atoms with van der Waals surface area (Å²) in [5.74, 6) is 1.44. The third-order valence-corrected chi connectivity index (χ3v) is 7.42. The fourth-order valence-corrected chi connectivity index (χ4v) is 4.76. The summed E-state index contributed by atoms with van der Waals surface area (Å²) in [7, 11) is 0. The number of aromatic nitrogens is 5. The molecule has 1 aliphatic carbocycles. The summed E-state index contributed by atoms with van der Waals surface area (Å²) in [4.78, 5) is 18.2. The Hall–Kier alpha value is -4.26. The summed E-state index contributed by atoms with van der Waals surface area (Å²) >= 11 is 0. The van der Waals surface area contributed by atoms with Gasteiger partial charge in [0.2, 0.25) is 5.82 Å². The highest BCUT2D eigenvalue weighted by molar-refractivity contribution is 5.87. The molecule has 1 fully saturated rings. The monoisotopic (exact) mass is 531 g/mol. The van der Waals surface area contributed by atoms with Crippen molar-refractivity contribution >= 4 is 22.6 Å². The average molecular weight is 532 g/mol. The van der Waals surface area contributed by atoms with Gasteiger partial charge in [-0.2, -0.15) is 28.4 Å². The molecule has 1 aromatic carbocycles. The number of hydrogen-bond donors (Lipinski definition) is 1. The minimum atomic E-state index is -4.42. The van der Waals surface area contributed by atoms with Crippen LogP contribution in [0.25, 0.3) is 28.3 Å². The molecule has 1 aliphatic rings. The third-order valence-electron chi connectivity index (χ3n) is 7.42. The van der Waals surface area contributed by atoms with Crippen LogP contribution in [0.15, 0.2) is 48.7 Å². The number of anilines is 1. The first kappa shape index (κ1) is 26.4. The van der Waals surface area contributed by atoms with Crippen molar-refractivity contribution in [3.63, 3.8) is 0 Å². The number of benzene rings is 1. The van der Waals surface area contributed by atoms with Gasteiger partial charge in [0.1, 0.15) is 17.3 Å². The highest BCUT2D eigenvalue weighted by atomic mass is 19.4. The number of nitriles is 1. The molecule has 1 N–H and O–H groups in total. The van der Waals surface area contributed by atoms with Crippen LogP contribution in [0.3, 0.4) is 0 Å². The molecule has 0 bridgehead atoms. The highest BCUT2D eigenvalue weighted by Crippen LogP contribution is 2.34. The van der Waals surface area contributed by atoms with Gasteiger partial charge in [0.05, 0.1) is 5.56 Å². The smallest absolute Gasteiger partial charge is 0.365 e. The van der Waals surface area contributed by atoms with Gasteiger partial charge in [-0.05, 0) is 80.5 Å². The summed E-state index contributed by atoms with van der Waals surface area (Å²) in [6.45, 7) is 6.25. The number of nitrogens with one attached hydrogen (secondary N) is 1. The Morgan fingerprint density at radius 3 is 2.54 bits per heavy atom. The molecule has 1 saturated carbocycles. The van der Waals surface area contributed by atoms with Crippen molar-refractivity contribution in [1.82, 2.24) is 24.5 Å². The molecule has 200 valence electrons. The summed E-state index contributed by atoms with van der Waals surface area (Å²) in [6.07, 6.45) is 2.69. The first-order valence-electron chi connectivity index (χ1n) is 12.9. The molecule has 3 aromatic heterocycles. The Labute approximate surface area is 224 Å². The van der Waals surface area contributed by atoms with Gasteiger partial charge in [0.15, 0.2) is 17.3 Å². The summed E-state index contributed by atoms with van der Waals surface area (Å²) in [6, 6.07) is 11.0. The lowest BCUT2D eigenvalue weighted by Gasteiger charge is -2.32. The van der Waals surface area contributed by atoms with E-state index >= 15 is 0 Å². The van der Waals surface area contributed by atoms with Gasteiger partial charge in [-0.25, -0.2) is 4.98 Å². The van der Waals surface area contributed by atoms with Crippen LogP contribution in [-0.2, 0) is 12.7 Å². The van der Waals surface area contributed by atoms with E-state index in [4.69, 9.17) is 4.98 Å². The van der Waals surface area contributed by atoms with Crippen molar-refractivity contribution < 1.29 is 13.2 Å². The number of hydrogen-bond acceptors (Lipinski definition) is 6. The molecule has 0 spiro atoms. The van der Waals surface area contributed by atoms with E-state index in [-0.39, 0.29) is 18.4 Å². The van der Waals surface area contributed by atoms with E-state index in [0.717, 1.165) is 36.1 Å². The first-order valence-corrected chi connectivity index (χ1v) is 12.9. The zero-order chi connectivity index (χ0) is 27.7. The van der Waals surface area contributed by atoms with Crippen LogP contribution in [0, 0.1) is 17.2 Å². The number of halogens is 3. The number of imidazole rings is 1. The molecule has 4 aromatic rings. The maximum absolute atomic E-state index is 13.2. The fraction of sp³-hybridized carbons (Fsp3) is 0.345. The Bertz CT molecular complexity index is 1580. The molecule has 0 radical (unpaired) electrons. The van der Waals surface area contributed by atoms with Crippen molar-refractivity contribution in [2.45, 2.75) is 58.8 Å². The lowest BCUT2D eigenvalue weighted by Crippen LogP contribution is -2.31. The zero-order valence-electron chi connectivity index (χ0n) is 21.9. The Morgan fingerprint density at radius 1 is 1.18 bits per heavy atom. The predicted octanol–water partition coefficient (Wildman–Crippen LogP) is 6.85. The standard InChI is InChI=1S/C29H28F3N7/c1-4-17(2)21-12-13-34-23(14-21)28-38-27-25(39(28)16-19-8-10-22(11-9-19)29(30,31)32)26(36-24(15-33)37-27)35-18(3)20-6-5-7-20/h4,8-14,18,20H,5-7,16H2,1-3H3,(H,35,36,37)/b17-4-/t18-/m1/s1. The van der Waals surface area contributed by atoms with Crippen LogP contribution in [0.1, 0.15) is 62.5 Å². The lowest BCUT2D eigenvalue weighted by atomic mass is 9.80. The molecule has 0 aliphatic heterocycles. The molecule has 3 heterocycles. The largest absolute Gasteiger partial charge is 0.416 e. The van der Waals surface area contributed by atoms with Crippen LogP contribution in [0.2, 0.25) is 0 Å². The number of alkyl halides is 3. The summed E-state index contributed by atoms with van der Waals surface area (Å²) < 4.78 is 41.4. The molecule has 0 amide bonds. The molecule has 1 atom stereocenters. The van der Waals surface area contributed by atoms with Gasteiger partial charge in [-0.15, -0.1) is 0 Å². The van der Waals surface area contributed by atoms with Crippen LogP contribution in [-0.4, -0.2) is 30.5 Å². The average Bonchev–Trinajstić information content (AvgIpc) is 3.25. The topological polar surface area (TPSA) is 92.3 Å². The molecule has 0 saturated heterocycles. The second-order valence-electron chi connectivity index (χ2n) is 9.92. The molecule has 7 nitrogen and oxygen atoms in total. The maximum atomic E-state index is 13.2. The molecule has 5 rings (SSSR count). The van der Waals surface area contributed by atoms with Crippen molar-refractivity contribution in [3.8, 4) is 17.6 Å². The number of nitrogens with zero attached hydrogens (tertiary/aromatic N) is 6. The second-order valence-corrected chi connectivity index (χ2v) is 9.92. The van der Waals surface area contributed by atoms with E-state index in [1.54, 1.807) is 6.20 Å². The summed E-state index contributed by atoms with van der Waals surface area (Å²) in [5.41, 5.74) is 3.44. The lowest BCUT2D eigenvalue weighted by molar-refractivity contribution is -0.137. The predicted molar refractivity (Wildman–Crippen MR) is 144 cm³/mol. The highest BCUT2D eigenvalue weighted by Gasteiger charge is 2.30. The zero-order valence-corrected chi connectivity index (χ0v) is 21.9. The molecule has 10 heteroatoms. The van der Waals surface area contributed by atoms with Gasteiger partial charge < -0.3 is 9.88 Å². The van der Waals surface area contributed by atoms with Gasteiger partial charge >= 0.3 is 6.18 Å². The van der Waals surface area contributed by atoms with Crippen molar-refractivity contribution in [1.29, 1.82) is 5.26 Å². The van der Waals surface area contributed by atoms with Crippen molar-refractivity contribution in [3.05, 3.63) is 71.2 Å². The van der Waals surface area contributed by atoms with E-state index in [1.807, 2.05) is 42.7 Å². The number of fused-ring (bicyclic) bond motifs is 1. The quantitative estimate of drug-likeness (QED) is 0.280. The Balaban J connectivity index is 1.68. The summed E-state index contributed by atoms with van der Waals surface area (Å²) in [5, 5.41) is 13.1. The Morgan fingerprint density at radius 2 is 1.92 bits per heavy atom. The first-order chi connectivity index (χ1) is 18.7. The number of allylic oxidation sites excluding steroid dienone is 2. The van der Waals surface area contributed by atoms with E-state index in [9.17, 15) is 18.4 Å².